The molecule has 1 aliphatic rings. The van der Waals surface area contributed by atoms with Crippen LogP contribution >= 0.6 is 0 Å². The molecule has 1 unspecified atom stereocenters. The van der Waals surface area contributed by atoms with Crippen LogP contribution in [0.5, 0.6) is 0 Å². The Hall–Kier alpha value is -2.69. The fourth-order valence-electron chi connectivity index (χ4n) is 3.04. The molecule has 0 aliphatic heterocycles. The first-order chi connectivity index (χ1) is 11.3. The van der Waals surface area contributed by atoms with Gasteiger partial charge in [0.05, 0.1) is 0 Å². The van der Waals surface area contributed by atoms with Gasteiger partial charge in [-0.1, -0.05) is 35.4 Å². The monoisotopic (exact) mass is 306 g/mol. The lowest BCUT2D eigenvalue weighted by Gasteiger charge is -2.24. The van der Waals surface area contributed by atoms with Crippen molar-refractivity contribution in [3.63, 3.8) is 0 Å². The number of aryl methyl sites for hydroxylation is 2. The number of anilines is 1. The molecule has 1 aliphatic carbocycles. The molecule has 1 N–H and O–H groups in total. The molecule has 2 aromatic heterocycles. The molecule has 4 rings (SSSR count). The molecule has 2 heterocycles. The Kier molecular flexibility index (Phi) is 3.54. The van der Waals surface area contributed by atoms with E-state index >= 15 is 0 Å². The first kappa shape index (κ1) is 13.9. The van der Waals surface area contributed by atoms with Gasteiger partial charge in [0.25, 0.3) is 5.89 Å². The van der Waals surface area contributed by atoms with Gasteiger partial charge in [0, 0.05) is 11.7 Å². The topological polar surface area (TPSA) is 63.8 Å². The number of pyridine rings is 1. The summed E-state index contributed by atoms with van der Waals surface area (Å²) in [5.74, 6) is 0.451. The van der Waals surface area contributed by atoms with Gasteiger partial charge in [-0.2, -0.15) is 0 Å². The Morgan fingerprint density at radius 2 is 1.91 bits per heavy atom. The molecule has 23 heavy (non-hydrogen) atoms. The van der Waals surface area contributed by atoms with Crippen molar-refractivity contribution in [3.8, 4) is 11.6 Å². The van der Waals surface area contributed by atoms with Crippen molar-refractivity contribution in [2.24, 2.45) is 0 Å². The predicted molar refractivity (Wildman–Crippen MR) is 88.1 cm³/mol. The summed E-state index contributed by atoms with van der Waals surface area (Å²) in [5, 5.41) is 11.6. The zero-order chi connectivity index (χ0) is 15.6. The average molecular weight is 306 g/mol. The largest absolute Gasteiger partial charge is 0.402 e. The van der Waals surface area contributed by atoms with Crippen LogP contribution in [0.1, 0.15) is 23.2 Å². The van der Waals surface area contributed by atoms with Crippen LogP contribution in [-0.2, 0) is 12.8 Å². The number of hydrogen-bond donors (Lipinski definition) is 1. The van der Waals surface area contributed by atoms with Gasteiger partial charge in [-0.15, -0.1) is 5.10 Å². The minimum atomic E-state index is 0.323. The highest BCUT2D eigenvalue weighted by Crippen LogP contribution is 2.24. The summed E-state index contributed by atoms with van der Waals surface area (Å²) in [4.78, 5) is 4.41. The van der Waals surface area contributed by atoms with Crippen LogP contribution in [-0.4, -0.2) is 21.2 Å². The third kappa shape index (κ3) is 2.95. The quantitative estimate of drug-likeness (QED) is 0.803. The van der Waals surface area contributed by atoms with E-state index in [0.29, 0.717) is 23.6 Å². The Balaban J connectivity index is 1.48. The van der Waals surface area contributed by atoms with Crippen molar-refractivity contribution in [3.05, 3.63) is 59.3 Å². The van der Waals surface area contributed by atoms with Gasteiger partial charge < -0.3 is 9.73 Å². The van der Waals surface area contributed by atoms with Crippen LogP contribution in [0.15, 0.2) is 46.9 Å². The van der Waals surface area contributed by atoms with Gasteiger partial charge >= 0.3 is 6.01 Å². The molecule has 0 fully saturated rings. The van der Waals surface area contributed by atoms with Gasteiger partial charge in [-0.25, -0.2) is 4.98 Å². The number of fused-ring (bicyclic) bond motifs is 1. The fraction of sp³-hybridized carbons (Fsp3) is 0.278. The first-order valence-electron chi connectivity index (χ1n) is 7.89. The van der Waals surface area contributed by atoms with Crippen LogP contribution < -0.4 is 5.32 Å². The molecule has 0 radical (unpaired) electrons. The van der Waals surface area contributed by atoms with E-state index in [1.807, 2.05) is 25.1 Å². The van der Waals surface area contributed by atoms with Crippen molar-refractivity contribution < 1.29 is 4.42 Å². The number of rotatable bonds is 3. The first-order valence-corrected chi connectivity index (χ1v) is 7.89. The lowest BCUT2D eigenvalue weighted by molar-refractivity contribution is 0.541. The average Bonchev–Trinajstić information content (AvgIpc) is 3.03. The molecular weight excluding hydrogens is 288 g/mol. The van der Waals surface area contributed by atoms with E-state index in [0.717, 1.165) is 25.0 Å². The molecule has 0 amide bonds. The molecule has 0 saturated heterocycles. The summed E-state index contributed by atoms with van der Waals surface area (Å²) in [6.07, 6.45) is 3.13. The van der Waals surface area contributed by atoms with Crippen LogP contribution in [0, 0.1) is 6.92 Å². The zero-order valence-electron chi connectivity index (χ0n) is 13.0. The number of benzene rings is 1. The summed E-state index contributed by atoms with van der Waals surface area (Å²) in [5.41, 5.74) is 4.48. The Morgan fingerprint density at radius 3 is 2.78 bits per heavy atom. The Morgan fingerprint density at radius 1 is 1.04 bits per heavy atom. The highest BCUT2D eigenvalue weighted by molar-refractivity contribution is 5.47. The number of hydrogen-bond acceptors (Lipinski definition) is 5. The molecule has 1 aromatic carbocycles. The van der Waals surface area contributed by atoms with Crippen LogP contribution in [0.4, 0.5) is 6.01 Å². The number of aromatic nitrogens is 3. The summed E-state index contributed by atoms with van der Waals surface area (Å²) in [7, 11) is 0. The Bertz CT molecular complexity index is 827. The van der Waals surface area contributed by atoms with Gasteiger partial charge in [-0.05, 0) is 49.4 Å². The van der Waals surface area contributed by atoms with Crippen molar-refractivity contribution in [1.29, 1.82) is 0 Å². The zero-order valence-corrected chi connectivity index (χ0v) is 13.0. The SMILES string of the molecule is Cc1cccc(-c2nnc(NC3CCc4ccccc4C3)o2)n1. The number of nitrogens with zero attached hydrogens (tertiary/aromatic N) is 3. The maximum absolute atomic E-state index is 5.72. The molecule has 0 saturated carbocycles. The molecule has 0 spiro atoms. The van der Waals surface area contributed by atoms with E-state index in [1.165, 1.54) is 11.1 Å². The third-order valence-electron chi connectivity index (χ3n) is 4.21. The lowest BCUT2D eigenvalue weighted by Crippen LogP contribution is -2.27. The second kappa shape index (κ2) is 5.83. The second-order valence-electron chi connectivity index (χ2n) is 5.93. The highest BCUT2D eigenvalue weighted by atomic mass is 16.4. The molecule has 5 heteroatoms. The van der Waals surface area contributed by atoms with Gasteiger partial charge in [-0.3, -0.25) is 0 Å². The predicted octanol–water partition coefficient (Wildman–Crippen LogP) is 3.41. The molecule has 5 nitrogen and oxygen atoms in total. The van der Waals surface area contributed by atoms with E-state index < -0.39 is 0 Å². The minimum Gasteiger partial charge on any atom is -0.402 e. The molecule has 3 aromatic rings. The standard InChI is InChI=1S/C18H18N4O/c1-12-5-4-8-16(19-12)17-21-22-18(23-17)20-15-10-9-13-6-2-3-7-14(13)11-15/h2-8,15H,9-11H2,1H3,(H,20,22). The molecule has 0 bridgehead atoms. The van der Waals surface area contributed by atoms with Gasteiger partial charge in [0.1, 0.15) is 5.69 Å². The molecular formula is C18H18N4O. The second-order valence-corrected chi connectivity index (χ2v) is 5.93. The van der Waals surface area contributed by atoms with E-state index in [2.05, 4.69) is 44.8 Å². The smallest absolute Gasteiger partial charge is 0.316 e. The van der Waals surface area contributed by atoms with E-state index in [9.17, 15) is 0 Å². The summed E-state index contributed by atoms with van der Waals surface area (Å²) < 4.78 is 5.72. The normalized spacial score (nSPS) is 16.8. The lowest BCUT2D eigenvalue weighted by atomic mass is 9.88. The van der Waals surface area contributed by atoms with Gasteiger partial charge in [0.15, 0.2) is 0 Å². The van der Waals surface area contributed by atoms with Crippen LogP contribution in [0.3, 0.4) is 0 Å². The highest BCUT2D eigenvalue weighted by Gasteiger charge is 2.20. The maximum atomic E-state index is 5.72. The minimum absolute atomic E-state index is 0.323. The Labute approximate surface area is 134 Å². The fourth-order valence-corrected chi connectivity index (χ4v) is 3.04. The van der Waals surface area contributed by atoms with Crippen molar-refractivity contribution in [1.82, 2.24) is 15.2 Å². The molecule has 1 atom stereocenters. The summed E-state index contributed by atoms with van der Waals surface area (Å²) in [6.45, 7) is 1.94. The van der Waals surface area contributed by atoms with E-state index in [4.69, 9.17) is 4.42 Å². The summed E-state index contributed by atoms with van der Waals surface area (Å²) in [6, 6.07) is 15.1. The number of nitrogens with one attached hydrogen (secondary N) is 1. The maximum Gasteiger partial charge on any atom is 0.316 e. The van der Waals surface area contributed by atoms with Crippen LogP contribution in [0.2, 0.25) is 0 Å². The van der Waals surface area contributed by atoms with E-state index in [-0.39, 0.29) is 0 Å². The van der Waals surface area contributed by atoms with Crippen molar-refractivity contribution >= 4 is 6.01 Å². The molecule has 116 valence electrons. The van der Waals surface area contributed by atoms with E-state index in [1.54, 1.807) is 0 Å². The van der Waals surface area contributed by atoms with Gasteiger partial charge in [0.2, 0.25) is 0 Å². The summed E-state index contributed by atoms with van der Waals surface area (Å²) >= 11 is 0. The third-order valence-corrected chi connectivity index (χ3v) is 4.21. The van der Waals surface area contributed by atoms with Crippen molar-refractivity contribution in [2.75, 3.05) is 5.32 Å². The van der Waals surface area contributed by atoms with Crippen molar-refractivity contribution in [2.45, 2.75) is 32.2 Å². The van der Waals surface area contributed by atoms with Crippen LogP contribution in [0.25, 0.3) is 11.6 Å².